The van der Waals surface area contributed by atoms with Crippen LogP contribution in [0, 0.1) is 0 Å². The molecule has 3 nitrogen and oxygen atoms in total. The molecule has 1 aliphatic carbocycles. The summed E-state index contributed by atoms with van der Waals surface area (Å²) in [5.74, 6) is -0.123. The molecule has 2 rings (SSSR count). The van der Waals surface area contributed by atoms with E-state index in [4.69, 9.17) is 4.74 Å². The van der Waals surface area contributed by atoms with Gasteiger partial charge in [0, 0.05) is 12.6 Å². The zero-order chi connectivity index (χ0) is 13.5. The lowest BCUT2D eigenvalue weighted by Gasteiger charge is -2.18. The number of benzene rings is 1. The summed E-state index contributed by atoms with van der Waals surface area (Å²) in [6.45, 7) is 3.50. The molecule has 0 radical (unpaired) electrons. The Hall–Kier alpha value is -1.61. The Labute approximate surface area is 114 Å². The van der Waals surface area contributed by atoms with Gasteiger partial charge >= 0.3 is 5.97 Å². The predicted octanol–water partition coefficient (Wildman–Crippen LogP) is 2.73. The van der Waals surface area contributed by atoms with Crippen LogP contribution >= 0.6 is 0 Å². The minimum Gasteiger partial charge on any atom is -0.465 e. The first-order valence-electron chi connectivity index (χ1n) is 6.91. The summed E-state index contributed by atoms with van der Waals surface area (Å²) >= 11 is 0. The van der Waals surface area contributed by atoms with Crippen molar-refractivity contribution >= 4 is 12.0 Å². The summed E-state index contributed by atoms with van der Waals surface area (Å²) in [5.41, 5.74) is 1.19. The third-order valence-corrected chi connectivity index (χ3v) is 3.15. The molecule has 0 N–H and O–H groups in total. The smallest absolute Gasteiger partial charge is 0.320 e. The molecule has 102 valence electrons. The van der Waals surface area contributed by atoms with Crippen molar-refractivity contribution in [3.05, 3.63) is 42.0 Å². The van der Waals surface area contributed by atoms with Crippen molar-refractivity contribution in [3.63, 3.8) is 0 Å². The quantitative estimate of drug-likeness (QED) is 0.705. The van der Waals surface area contributed by atoms with Gasteiger partial charge in [0.1, 0.15) is 0 Å². The molecule has 0 atom stereocenters. The van der Waals surface area contributed by atoms with Crippen molar-refractivity contribution in [2.24, 2.45) is 0 Å². The van der Waals surface area contributed by atoms with Gasteiger partial charge in [0.25, 0.3) is 0 Å². The lowest BCUT2D eigenvalue weighted by Crippen LogP contribution is -2.33. The van der Waals surface area contributed by atoms with Gasteiger partial charge in [0.05, 0.1) is 13.2 Å². The number of ether oxygens (including phenoxy) is 1. The fourth-order valence-corrected chi connectivity index (χ4v) is 2.04. The maximum atomic E-state index is 11.5. The molecule has 0 bridgehead atoms. The summed E-state index contributed by atoms with van der Waals surface area (Å²) in [7, 11) is 0. The molecule has 0 saturated heterocycles. The second-order valence-electron chi connectivity index (χ2n) is 4.78. The first kappa shape index (κ1) is 13.8. The van der Waals surface area contributed by atoms with E-state index in [9.17, 15) is 4.79 Å². The van der Waals surface area contributed by atoms with Crippen LogP contribution in [0.1, 0.15) is 25.3 Å². The highest BCUT2D eigenvalue weighted by Gasteiger charge is 2.29. The van der Waals surface area contributed by atoms with Gasteiger partial charge < -0.3 is 4.74 Å². The zero-order valence-corrected chi connectivity index (χ0v) is 11.4. The average molecular weight is 259 g/mol. The highest BCUT2D eigenvalue weighted by atomic mass is 16.5. The summed E-state index contributed by atoms with van der Waals surface area (Å²) in [6.07, 6.45) is 6.60. The first-order valence-corrected chi connectivity index (χ1v) is 6.91. The molecular formula is C16H21NO2. The van der Waals surface area contributed by atoms with E-state index >= 15 is 0 Å². The van der Waals surface area contributed by atoms with E-state index in [1.54, 1.807) is 0 Å². The van der Waals surface area contributed by atoms with Crippen LogP contribution in [0.15, 0.2) is 36.4 Å². The van der Waals surface area contributed by atoms with Crippen LogP contribution in [-0.2, 0) is 9.53 Å². The predicted molar refractivity (Wildman–Crippen MR) is 76.7 cm³/mol. The Kier molecular flexibility index (Phi) is 5.16. The zero-order valence-electron chi connectivity index (χ0n) is 11.4. The van der Waals surface area contributed by atoms with Crippen LogP contribution in [-0.4, -0.2) is 36.6 Å². The molecule has 0 amide bonds. The second kappa shape index (κ2) is 7.10. The van der Waals surface area contributed by atoms with Gasteiger partial charge in [0.15, 0.2) is 0 Å². The van der Waals surface area contributed by atoms with Gasteiger partial charge in [-0.25, -0.2) is 0 Å². The minimum absolute atomic E-state index is 0.123. The SMILES string of the molecule is CCOC(=O)CN(CC=Cc1ccccc1)C1CC1. The molecule has 0 aromatic heterocycles. The van der Waals surface area contributed by atoms with Crippen molar-refractivity contribution in [2.75, 3.05) is 19.7 Å². The Morgan fingerprint density at radius 3 is 2.74 bits per heavy atom. The largest absolute Gasteiger partial charge is 0.465 e. The summed E-state index contributed by atoms with van der Waals surface area (Å²) in [4.78, 5) is 13.7. The lowest BCUT2D eigenvalue weighted by molar-refractivity contribution is -0.144. The van der Waals surface area contributed by atoms with E-state index in [-0.39, 0.29) is 5.97 Å². The van der Waals surface area contributed by atoms with Crippen molar-refractivity contribution in [1.29, 1.82) is 0 Å². The summed E-state index contributed by atoms with van der Waals surface area (Å²) in [6, 6.07) is 10.8. The highest BCUT2D eigenvalue weighted by Crippen LogP contribution is 2.26. The number of hydrogen-bond acceptors (Lipinski definition) is 3. The molecule has 0 spiro atoms. The van der Waals surface area contributed by atoms with E-state index in [2.05, 4.69) is 29.2 Å². The Balaban J connectivity index is 1.83. The third kappa shape index (κ3) is 4.87. The third-order valence-electron chi connectivity index (χ3n) is 3.15. The van der Waals surface area contributed by atoms with Gasteiger partial charge in [-0.1, -0.05) is 42.5 Å². The molecule has 0 aliphatic heterocycles. The lowest BCUT2D eigenvalue weighted by atomic mass is 10.2. The van der Waals surface area contributed by atoms with Crippen LogP contribution in [0.2, 0.25) is 0 Å². The van der Waals surface area contributed by atoms with Crippen LogP contribution in [0.25, 0.3) is 6.08 Å². The van der Waals surface area contributed by atoms with Crippen molar-refractivity contribution < 1.29 is 9.53 Å². The Morgan fingerprint density at radius 1 is 1.37 bits per heavy atom. The van der Waals surface area contributed by atoms with Crippen LogP contribution in [0.4, 0.5) is 0 Å². The summed E-state index contributed by atoms with van der Waals surface area (Å²) in [5, 5.41) is 0. The maximum Gasteiger partial charge on any atom is 0.320 e. The molecule has 1 aromatic carbocycles. The number of carbonyl (C=O) groups excluding carboxylic acids is 1. The van der Waals surface area contributed by atoms with Crippen molar-refractivity contribution in [3.8, 4) is 0 Å². The molecule has 1 saturated carbocycles. The standard InChI is InChI=1S/C16H21NO2/c1-2-19-16(18)13-17(15-10-11-15)12-6-9-14-7-4-3-5-8-14/h3-9,15H,2,10-13H2,1H3. The topological polar surface area (TPSA) is 29.5 Å². The monoisotopic (exact) mass is 259 g/mol. The second-order valence-corrected chi connectivity index (χ2v) is 4.78. The van der Waals surface area contributed by atoms with E-state index in [0.717, 1.165) is 6.54 Å². The van der Waals surface area contributed by atoms with Crippen molar-refractivity contribution in [2.45, 2.75) is 25.8 Å². The molecule has 1 aliphatic rings. The highest BCUT2D eigenvalue weighted by molar-refractivity contribution is 5.71. The number of esters is 1. The molecule has 1 aromatic rings. The molecule has 0 heterocycles. The molecule has 3 heteroatoms. The Bertz CT molecular complexity index is 424. The van der Waals surface area contributed by atoms with E-state index in [1.807, 2.05) is 25.1 Å². The van der Waals surface area contributed by atoms with Crippen LogP contribution in [0.5, 0.6) is 0 Å². The van der Waals surface area contributed by atoms with E-state index < -0.39 is 0 Å². The number of carbonyl (C=O) groups is 1. The van der Waals surface area contributed by atoms with Crippen LogP contribution < -0.4 is 0 Å². The van der Waals surface area contributed by atoms with Gasteiger partial charge in [-0.3, -0.25) is 9.69 Å². The summed E-state index contributed by atoms with van der Waals surface area (Å²) < 4.78 is 5.01. The van der Waals surface area contributed by atoms with Crippen molar-refractivity contribution in [1.82, 2.24) is 4.90 Å². The Morgan fingerprint density at radius 2 is 2.11 bits per heavy atom. The van der Waals surface area contributed by atoms with Gasteiger partial charge in [-0.2, -0.15) is 0 Å². The fourth-order valence-electron chi connectivity index (χ4n) is 2.04. The number of nitrogens with zero attached hydrogens (tertiary/aromatic N) is 1. The van der Waals surface area contributed by atoms with E-state index in [1.165, 1.54) is 18.4 Å². The van der Waals surface area contributed by atoms with E-state index in [0.29, 0.717) is 19.2 Å². The fraction of sp³-hybridized carbons (Fsp3) is 0.438. The minimum atomic E-state index is -0.123. The first-order chi connectivity index (χ1) is 9.29. The molecular weight excluding hydrogens is 238 g/mol. The molecule has 0 unspecified atom stereocenters. The normalized spacial score (nSPS) is 15.1. The maximum absolute atomic E-state index is 11.5. The average Bonchev–Trinajstić information content (AvgIpc) is 3.23. The van der Waals surface area contributed by atoms with Gasteiger partial charge in [-0.15, -0.1) is 0 Å². The number of hydrogen-bond donors (Lipinski definition) is 0. The van der Waals surface area contributed by atoms with Gasteiger partial charge in [-0.05, 0) is 25.3 Å². The number of rotatable bonds is 7. The molecule has 19 heavy (non-hydrogen) atoms. The van der Waals surface area contributed by atoms with Gasteiger partial charge in [0.2, 0.25) is 0 Å². The molecule has 1 fully saturated rings. The van der Waals surface area contributed by atoms with Crippen LogP contribution in [0.3, 0.4) is 0 Å².